The van der Waals surface area contributed by atoms with Crippen LogP contribution in [0.2, 0.25) is 0 Å². The van der Waals surface area contributed by atoms with Gasteiger partial charge in [0.15, 0.2) is 0 Å². The molecule has 0 aromatic rings. The smallest absolute Gasteiger partial charge is 0.0865 e. The predicted octanol–water partition coefficient (Wildman–Crippen LogP) is 6.74. The molecule has 3 heteroatoms. The maximum absolute atomic E-state index is 10.9. The summed E-state index contributed by atoms with van der Waals surface area (Å²) in [4.78, 5) is 0. The number of hydrogen-bond donors (Lipinski definition) is 2. The molecule has 10 atom stereocenters. The molecule has 33 heavy (non-hydrogen) atoms. The summed E-state index contributed by atoms with van der Waals surface area (Å²) in [5.41, 5.74) is 0.277. The van der Waals surface area contributed by atoms with Crippen molar-refractivity contribution in [2.45, 2.75) is 143 Å². The number of aliphatic hydroxyl groups excluding tert-OH is 1. The van der Waals surface area contributed by atoms with Crippen molar-refractivity contribution in [1.82, 2.24) is 0 Å². The zero-order valence-electron chi connectivity index (χ0n) is 22.8. The van der Waals surface area contributed by atoms with E-state index in [1.165, 1.54) is 44.9 Å². The minimum atomic E-state index is -0.755. The van der Waals surface area contributed by atoms with Crippen molar-refractivity contribution in [1.29, 1.82) is 0 Å². The van der Waals surface area contributed by atoms with Gasteiger partial charge in [0, 0.05) is 0 Å². The van der Waals surface area contributed by atoms with Crippen LogP contribution in [-0.2, 0) is 4.74 Å². The molecule has 190 valence electrons. The van der Waals surface area contributed by atoms with Crippen LogP contribution in [0.15, 0.2) is 0 Å². The minimum absolute atomic E-state index is 0.0293. The summed E-state index contributed by atoms with van der Waals surface area (Å²) < 4.78 is 6.73. The normalized spacial score (nSPS) is 56.2. The lowest BCUT2D eigenvalue weighted by molar-refractivity contribution is -0.227. The molecular formula is C30H52O3. The first-order chi connectivity index (χ1) is 15.1. The van der Waals surface area contributed by atoms with Gasteiger partial charge >= 0.3 is 0 Å². The SMILES string of the molecule is CC(C)(O)[C@H]1CC[C@@](C)([C@H]2CC[C@@]3(C)[C@H]2CC[C@@H]2[C@@]4(C)CC[C@H](O)C(C)(C)C4CC[C@]23C)O1. The molecule has 1 aliphatic heterocycles. The quantitative estimate of drug-likeness (QED) is 0.480. The van der Waals surface area contributed by atoms with E-state index in [0.717, 1.165) is 31.1 Å². The molecule has 5 rings (SSSR count). The third-order valence-corrected chi connectivity index (χ3v) is 13.3. The lowest BCUT2D eigenvalue weighted by Crippen LogP contribution is -2.64. The van der Waals surface area contributed by atoms with Crippen LogP contribution in [0.3, 0.4) is 0 Å². The van der Waals surface area contributed by atoms with Crippen LogP contribution in [0.5, 0.6) is 0 Å². The van der Waals surface area contributed by atoms with Gasteiger partial charge in [0.25, 0.3) is 0 Å². The van der Waals surface area contributed by atoms with Gasteiger partial charge in [0.2, 0.25) is 0 Å². The van der Waals surface area contributed by atoms with Gasteiger partial charge < -0.3 is 14.9 Å². The minimum Gasteiger partial charge on any atom is -0.393 e. The first-order valence-electron chi connectivity index (χ1n) is 14.2. The Balaban J connectivity index is 1.44. The first-order valence-corrected chi connectivity index (χ1v) is 14.2. The maximum Gasteiger partial charge on any atom is 0.0865 e. The molecule has 0 spiro atoms. The fourth-order valence-electron chi connectivity index (χ4n) is 11.1. The number of aliphatic hydroxyl groups is 2. The Hall–Kier alpha value is -0.120. The van der Waals surface area contributed by atoms with Crippen molar-refractivity contribution in [2.24, 2.45) is 45.3 Å². The highest BCUT2D eigenvalue weighted by molar-refractivity contribution is 5.18. The summed E-state index contributed by atoms with van der Waals surface area (Å²) in [7, 11) is 0. The molecule has 0 aromatic heterocycles. The largest absolute Gasteiger partial charge is 0.393 e. The van der Waals surface area contributed by atoms with Gasteiger partial charge in [0.05, 0.1) is 23.4 Å². The van der Waals surface area contributed by atoms with E-state index in [4.69, 9.17) is 4.74 Å². The van der Waals surface area contributed by atoms with E-state index in [0.29, 0.717) is 28.1 Å². The molecule has 4 aliphatic carbocycles. The molecule has 1 heterocycles. The fourth-order valence-corrected chi connectivity index (χ4v) is 11.1. The Morgan fingerprint density at radius 2 is 1.36 bits per heavy atom. The molecule has 1 unspecified atom stereocenters. The molecule has 1 saturated heterocycles. The van der Waals surface area contributed by atoms with E-state index in [2.05, 4.69) is 41.5 Å². The highest BCUT2D eigenvalue weighted by Crippen LogP contribution is 2.76. The van der Waals surface area contributed by atoms with E-state index in [9.17, 15) is 10.2 Å². The van der Waals surface area contributed by atoms with Gasteiger partial charge in [-0.3, -0.25) is 0 Å². The van der Waals surface area contributed by atoms with E-state index in [1.54, 1.807) is 0 Å². The second-order valence-corrected chi connectivity index (χ2v) is 15.3. The molecule has 0 bridgehead atoms. The first kappa shape index (κ1) is 24.6. The van der Waals surface area contributed by atoms with E-state index >= 15 is 0 Å². The summed E-state index contributed by atoms with van der Waals surface area (Å²) in [5, 5.41) is 21.5. The van der Waals surface area contributed by atoms with Gasteiger partial charge in [0.1, 0.15) is 0 Å². The number of rotatable bonds is 2. The van der Waals surface area contributed by atoms with Crippen LogP contribution in [0.4, 0.5) is 0 Å². The zero-order chi connectivity index (χ0) is 24.2. The molecule has 0 amide bonds. The molecular weight excluding hydrogens is 408 g/mol. The van der Waals surface area contributed by atoms with Crippen molar-refractivity contribution in [3.8, 4) is 0 Å². The van der Waals surface area contributed by atoms with Gasteiger partial charge in [-0.2, -0.15) is 0 Å². The number of ether oxygens (including phenoxy) is 1. The number of fused-ring (bicyclic) bond motifs is 5. The third-order valence-electron chi connectivity index (χ3n) is 13.3. The zero-order valence-corrected chi connectivity index (χ0v) is 22.8. The molecule has 4 saturated carbocycles. The predicted molar refractivity (Wildman–Crippen MR) is 134 cm³/mol. The van der Waals surface area contributed by atoms with Crippen molar-refractivity contribution in [2.75, 3.05) is 0 Å². The lowest BCUT2D eigenvalue weighted by atomic mass is 9.35. The van der Waals surface area contributed by atoms with E-state index in [-0.39, 0.29) is 23.2 Å². The second kappa shape index (κ2) is 7.22. The fraction of sp³-hybridized carbons (Fsp3) is 1.00. The maximum atomic E-state index is 10.9. The van der Waals surface area contributed by atoms with Crippen LogP contribution >= 0.6 is 0 Å². The molecule has 0 aromatic carbocycles. The Morgan fingerprint density at radius 3 is 2.00 bits per heavy atom. The summed E-state index contributed by atoms with van der Waals surface area (Å²) in [6, 6.07) is 0. The van der Waals surface area contributed by atoms with Crippen LogP contribution < -0.4 is 0 Å². The topological polar surface area (TPSA) is 49.7 Å². The highest BCUT2D eigenvalue weighted by Gasteiger charge is 2.70. The summed E-state index contributed by atoms with van der Waals surface area (Å²) in [5.74, 6) is 2.73. The summed E-state index contributed by atoms with van der Waals surface area (Å²) in [6.07, 6.45) is 11.9. The van der Waals surface area contributed by atoms with E-state index in [1.807, 2.05) is 13.8 Å². The molecule has 5 fully saturated rings. The average molecular weight is 461 g/mol. The Morgan fingerprint density at radius 1 is 0.697 bits per heavy atom. The van der Waals surface area contributed by atoms with Gasteiger partial charge in [-0.25, -0.2) is 0 Å². The Bertz CT molecular complexity index is 784. The number of hydrogen-bond acceptors (Lipinski definition) is 3. The van der Waals surface area contributed by atoms with Gasteiger partial charge in [-0.15, -0.1) is 0 Å². The summed E-state index contributed by atoms with van der Waals surface area (Å²) in [6.45, 7) is 18.8. The lowest BCUT2D eigenvalue weighted by Gasteiger charge is -2.70. The van der Waals surface area contributed by atoms with Crippen LogP contribution in [0.25, 0.3) is 0 Å². The molecule has 2 N–H and O–H groups in total. The second-order valence-electron chi connectivity index (χ2n) is 15.3. The monoisotopic (exact) mass is 460 g/mol. The molecule has 5 aliphatic rings. The third kappa shape index (κ3) is 3.16. The van der Waals surface area contributed by atoms with Gasteiger partial charge in [-0.1, -0.05) is 34.6 Å². The van der Waals surface area contributed by atoms with Crippen LogP contribution in [0, 0.1) is 45.3 Å². The molecule has 0 radical (unpaired) electrons. The van der Waals surface area contributed by atoms with Crippen molar-refractivity contribution >= 4 is 0 Å². The van der Waals surface area contributed by atoms with Crippen molar-refractivity contribution in [3.05, 3.63) is 0 Å². The van der Waals surface area contributed by atoms with Crippen molar-refractivity contribution < 1.29 is 14.9 Å². The standard InChI is InChI=1S/C30H52O3/c1-25(2)21-12-17-29(7)22(27(21,5)15-13-23(25)31)10-9-19-20(11-16-28(19,29)6)30(8)18-14-24(33-30)26(3,4)32/h19-24,31-32H,9-18H2,1-8H3/t19-,20-,21?,22+,23-,24+,27-,28-,29+,30-/m0/s1. The summed E-state index contributed by atoms with van der Waals surface area (Å²) >= 11 is 0. The average Bonchev–Trinajstić information content (AvgIpc) is 3.27. The van der Waals surface area contributed by atoms with Crippen LogP contribution in [-0.4, -0.2) is 33.6 Å². The van der Waals surface area contributed by atoms with E-state index < -0.39 is 5.60 Å². The molecule has 3 nitrogen and oxygen atoms in total. The highest BCUT2D eigenvalue weighted by atomic mass is 16.5. The van der Waals surface area contributed by atoms with Crippen molar-refractivity contribution in [3.63, 3.8) is 0 Å². The van der Waals surface area contributed by atoms with Crippen LogP contribution in [0.1, 0.15) is 120 Å². The van der Waals surface area contributed by atoms with Gasteiger partial charge in [-0.05, 0) is 130 Å². The Kier molecular flexibility index (Phi) is 5.38. The Labute approximate surface area is 203 Å².